The minimum absolute atomic E-state index is 0.169. The first kappa shape index (κ1) is 27.3. The molecule has 1 atom stereocenters. The van der Waals surface area contributed by atoms with E-state index in [0.29, 0.717) is 28.6 Å². The van der Waals surface area contributed by atoms with Gasteiger partial charge < -0.3 is 26.4 Å². The van der Waals surface area contributed by atoms with Crippen molar-refractivity contribution in [3.05, 3.63) is 95.0 Å². The number of hydrogen-bond donors (Lipinski definition) is 4. The number of carbonyl (C=O) groups is 2. The summed E-state index contributed by atoms with van der Waals surface area (Å²) in [4.78, 5) is 27.9. The van der Waals surface area contributed by atoms with Gasteiger partial charge in [0.1, 0.15) is 6.04 Å². The molecule has 5 N–H and O–H groups in total. The number of morpholine rings is 1. The molecular formula is C29H32ClN5O3. The van der Waals surface area contributed by atoms with Crippen molar-refractivity contribution < 1.29 is 14.3 Å². The van der Waals surface area contributed by atoms with Crippen LogP contribution in [0.5, 0.6) is 0 Å². The van der Waals surface area contributed by atoms with Gasteiger partial charge in [-0.3, -0.25) is 14.5 Å². The van der Waals surface area contributed by atoms with Crippen molar-refractivity contribution in [2.45, 2.75) is 6.04 Å². The average molecular weight is 534 g/mol. The number of amides is 2. The van der Waals surface area contributed by atoms with E-state index in [1.807, 2.05) is 36.4 Å². The molecule has 0 radical (unpaired) electrons. The number of anilines is 3. The molecule has 1 heterocycles. The van der Waals surface area contributed by atoms with Gasteiger partial charge in [0.15, 0.2) is 0 Å². The smallest absolute Gasteiger partial charge is 0.248 e. The molecule has 9 heteroatoms. The van der Waals surface area contributed by atoms with Gasteiger partial charge in [-0.15, -0.1) is 0 Å². The van der Waals surface area contributed by atoms with Crippen LogP contribution in [0.2, 0.25) is 5.02 Å². The molecule has 8 nitrogen and oxygen atoms in total. The molecular weight excluding hydrogens is 502 g/mol. The Balaban J connectivity index is 1.41. The van der Waals surface area contributed by atoms with E-state index in [-0.39, 0.29) is 11.8 Å². The van der Waals surface area contributed by atoms with Crippen LogP contribution in [0.25, 0.3) is 6.08 Å². The lowest BCUT2D eigenvalue weighted by molar-refractivity contribution is -0.118. The lowest BCUT2D eigenvalue weighted by Gasteiger charge is -2.27. The summed E-state index contributed by atoms with van der Waals surface area (Å²) in [6.07, 6.45) is 3.17. The van der Waals surface area contributed by atoms with Crippen molar-refractivity contribution in [3.8, 4) is 0 Å². The first-order valence-electron chi connectivity index (χ1n) is 12.5. The van der Waals surface area contributed by atoms with Crippen molar-refractivity contribution in [1.82, 2.24) is 10.2 Å². The molecule has 1 aliphatic rings. The fourth-order valence-corrected chi connectivity index (χ4v) is 4.18. The molecule has 1 aliphatic heterocycles. The van der Waals surface area contributed by atoms with E-state index >= 15 is 0 Å². The van der Waals surface area contributed by atoms with Crippen LogP contribution < -0.4 is 21.7 Å². The third-order valence-corrected chi connectivity index (χ3v) is 6.42. The van der Waals surface area contributed by atoms with Gasteiger partial charge in [-0.05, 0) is 53.6 Å². The Morgan fingerprint density at radius 2 is 1.68 bits per heavy atom. The molecule has 0 spiro atoms. The SMILES string of the molecule is Nc1ccccc1NC(=O)/C=C/c1ccc(C(NCCN2CCOCC2)C(=O)Nc2ccc(Cl)cc2)cc1. The maximum absolute atomic E-state index is 13.3. The van der Waals surface area contributed by atoms with Gasteiger partial charge in [0.25, 0.3) is 0 Å². The van der Waals surface area contributed by atoms with Crippen molar-refractivity contribution in [2.75, 3.05) is 55.8 Å². The number of carbonyl (C=O) groups excluding carboxylic acids is 2. The average Bonchev–Trinajstić information content (AvgIpc) is 2.93. The molecule has 4 rings (SSSR count). The highest BCUT2D eigenvalue weighted by Crippen LogP contribution is 2.20. The predicted molar refractivity (Wildman–Crippen MR) is 153 cm³/mol. The lowest BCUT2D eigenvalue weighted by atomic mass is 10.0. The van der Waals surface area contributed by atoms with Crippen LogP contribution in [-0.2, 0) is 14.3 Å². The quantitative estimate of drug-likeness (QED) is 0.230. The number of hydrogen-bond acceptors (Lipinski definition) is 6. The summed E-state index contributed by atoms with van der Waals surface area (Å²) in [7, 11) is 0. The summed E-state index contributed by atoms with van der Waals surface area (Å²) in [5.41, 5.74) is 9.27. The van der Waals surface area contributed by atoms with Crippen LogP contribution in [-0.4, -0.2) is 56.1 Å². The van der Waals surface area contributed by atoms with E-state index in [1.165, 1.54) is 6.08 Å². The molecule has 0 aromatic heterocycles. The van der Waals surface area contributed by atoms with Gasteiger partial charge in [0, 0.05) is 43.0 Å². The normalized spacial score (nSPS) is 14.8. The molecule has 0 bridgehead atoms. The van der Waals surface area contributed by atoms with E-state index in [0.717, 1.165) is 44.0 Å². The van der Waals surface area contributed by atoms with Crippen LogP contribution in [0, 0.1) is 0 Å². The number of nitrogens with zero attached hydrogens (tertiary/aromatic N) is 1. The Hall–Kier alpha value is -3.69. The van der Waals surface area contributed by atoms with Gasteiger partial charge in [0.05, 0.1) is 24.6 Å². The van der Waals surface area contributed by atoms with Crippen molar-refractivity contribution in [3.63, 3.8) is 0 Å². The summed E-state index contributed by atoms with van der Waals surface area (Å²) < 4.78 is 5.42. The fraction of sp³-hybridized carbons (Fsp3) is 0.241. The summed E-state index contributed by atoms with van der Waals surface area (Å²) in [6, 6.07) is 21.1. The first-order chi connectivity index (χ1) is 18.5. The topological polar surface area (TPSA) is 109 Å². The molecule has 0 saturated carbocycles. The number of halogens is 1. The monoisotopic (exact) mass is 533 g/mol. The van der Waals surface area contributed by atoms with Crippen molar-refractivity contribution in [2.24, 2.45) is 0 Å². The molecule has 198 valence electrons. The van der Waals surface area contributed by atoms with E-state index in [2.05, 4.69) is 20.9 Å². The maximum atomic E-state index is 13.3. The zero-order valence-electron chi connectivity index (χ0n) is 21.0. The van der Waals surface area contributed by atoms with E-state index < -0.39 is 6.04 Å². The summed E-state index contributed by atoms with van der Waals surface area (Å²) in [5, 5.41) is 9.74. The standard InChI is InChI=1S/C29H32ClN5O3/c30-23-10-12-24(13-11-23)33-29(37)28(32-15-16-35-17-19-38-20-18-35)22-8-5-21(6-9-22)7-14-27(36)34-26-4-2-1-3-25(26)31/h1-14,28,32H,15-20,31H2,(H,33,37)(H,34,36)/b14-7+. The predicted octanol–water partition coefficient (Wildman–Crippen LogP) is 4.18. The molecule has 1 saturated heterocycles. The maximum Gasteiger partial charge on any atom is 0.248 e. The van der Waals surface area contributed by atoms with Crippen LogP contribution in [0.15, 0.2) is 78.9 Å². The molecule has 38 heavy (non-hydrogen) atoms. The number of rotatable bonds is 10. The fourth-order valence-electron chi connectivity index (χ4n) is 4.06. The number of nitrogens with one attached hydrogen (secondary N) is 3. The second kappa shape index (κ2) is 13.7. The Labute approximate surface area is 227 Å². The van der Waals surface area contributed by atoms with Crippen molar-refractivity contribution >= 4 is 46.6 Å². The molecule has 2 amide bonds. The highest BCUT2D eigenvalue weighted by atomic mass is 35.5. The third kappa shape index (κ3) is 8.16. The van der Waals surface area contributed by atoms with Crippen LogP contribution in [0.1, 0.15) is 17.2 Å². The highest BCUT2D eigenvalue weighted by Gasteiger charge is 2.21. The Bertz CT molecular complexity index is 1240. The van der Waals surface area contributed by atoms with Gasteiger partial charge >= 0.3 is 0 Å². The van der Waals surface area contributed by atoms with Gasteiger partial charge in [-0.2, -0.15) is 0 Å². The summed E-state index contributed by atoms with van der Waals surface area (Å²) in [6.45, 7) is 4.68. The minimum atomic E-state index is -0.561. The zero-order chi connectivity index (χ0) is 26.7. The van der Waals surface area contributed by atoms with Gasteiger partial charge in [0.2, 0.25) is 11.8 Å². The molecule has 1 fully saturated rings. The molecule has 1 unspecified atom stereocenters. The van der Waals surface area contributed by atoms with Crippen molar-refractivity contribution in [1.29, 1.82) is 0 Å². The van der Waals surface area contributed by atoms with Gasteiger partial charge in [-0.25, -0.2) is 0 Å². The first-order valence-corrected chi connectivity index (χ1v) is 12.9. The Kier molecular flexibility index (Phi) is 9.89. The number of nitrogen functional groups attached to an aromatic ring is 1. The Morgan fingerprint density at radius 3 is 2.39 bits per heavy atom. The zero-order valence-corrected chi connectivity index (χ0v) is 21.8. The summed E-state index contributed by atoms with van der Waals surface area (Å²) >= 11 is 5.98. The van der Waals surface area contributed by atoms with E-state index in [9.17, 15) is 9.59 Å². The number of para-hydroxylation sites is 2. The second-order valence-electron chi connectivity index (χ2n) is 8.91. The number of nitrogens with two attached hydrogens (primary N) is 1. The lowest BCUT2D eigenvalue weighted by Crippen LogP contribution is -2.42. The molecule has 3 aromatic rings. The van der Waals surface area contributed by atoms with Crippen LogP contribution in [0.3, 0.4) is 0 Å². The van der Waals surface area contributed by atoms with E-state index in [4.69, 9.17) is 22.1 Å². The molecule has 0 aliphatic carbocycles. The number of ether oxygens (including phenoxy) is 1. The van der Waals surface area contributed by atoms with Gasteiger partial charge in [-0.1, -0.05) is 48.0 Å². The Morgan fingerprint density at radius 1 is 0.974 bits per heavy atom. The number of benzene rings is 3. The molecule has 3 aromatic carbocycles. The highest BCUT2D eigenvalue weighted by molar-refractivity contribution is 6.30. The minimum Gasteiger partial charge on any atom is -0.397 e. The largest absolute Gasteiger partial charge is 0.397 e. The third-order valence-electron chi connectivity index (χ3n) is 6.17. The van der Waals surface area contributed by atoms with Crippen LogP contribution in [0.4, 0.5) is 17.1 Å². The second-order valence-corrected chi connectivity index (χ2v) is 9.35. The van der Waals surface area contributed by atoms with Crippen LogP contribution >= 0.6 is 11.6 Å². The van der Waals surface area contributed by atoms with E-state index in [1.54, 1.807) is 42.5 Å². The summed E-state index contributed by atoms with van der Waals surface area (Å²) in [5.74, 6) is -0.450.